The van der Waals surface area contributed by atoms with E-state index in [9.17, 15) is 8.42 Å². The molecule has 1 fully saturated rings. The fourth-order valence-electron chi connectivity index (χ4n) is 1.94. The summed E-state index contributed by atoms with van der Waals surface area (Å²) in [5, 5.41) is 4.10. The van der Waals surface area contributed by atoms with E-state index in [2.05, 4.69) is 5.10 Å². The quantitative estimate of drug-likeness (QED) is 0.762. The van der Waals surface area contributed by atoms with E-state index >= 15 is 0 Å². The second-order valence-electron chi connectivity index (χ2n) is 4.06. The lowest BCUT2D eigenvalue weighted by molar-refractivity contribution is 0.314. The van der Waals surface area contributed by atoms with E-state index < -0.39 is 10.0 Å². The number of hydrogen-bond acceptors (Lipinski definition) is 4. The zero-order valence-electron chi connectivity index (χ0n) is 9.20. The Morgan fingerprint density at radius 3 is 2.88 bits per heavy atom. The Hall–Kier alpha value is -0.920. The smallest absolute Gasteiger partial charge is 0.260 e. The number of hydrogen-bond donors (Lipinski definition) is 1. The summed E-state index contributed by atoms with van der Waals surface area (Å²) in [6.45, 7) is 0.939. The number of nitrogens with two attached hydrogens (primary N) is 1. The van der Waals surface area contributed by atoms with Crippen molar-refractivity contribution in [2.45, 2.75) is 23.9 Å². The van der Waals surface area contributed by atoms with Crippen molar-refractivity contribution in [3.63, 3.8) is 0 Å². The van der Waals surface area contributed by atoms with Gasteiger partial charge in [0.1, 0.15) is 0 Å². The molecule has 0 amide bonds. The molecule has 1 aliphatic rings. The first-order valence-corrected chi connectivity index (χ1v) is 6.69. The van der Waals surface area contributed by atoms with Crippen molar-refractivity contribution in [2.75, 3.05) is 13.1 Å². The third-order valence-corrected chi connectivity index (χ3v) is 4.74. The van der Waals surface area contributed by atoms with Gasteiger partial charge in [0.2, 0.25) is 0 Å². The van der Waals surface area contributed by atoms with Crippen LogP contribution in [-0.4, -0.2) is 41.6 Å². The molecule has 2 rings (SSSR count). The van der Waals surface area contributed by atoms with Crippen LogP contribution in [0.25, 0.3) is 0 Å². The molecule has 7 heteroatoms. The third kappa shape index (κ3) is 1.98. The minimum atomic E-state index is -3.43. The first-order valence-electron chi connectivity index (χ1n) is 5.25. The van der Waals surface area contributed by atoms with Crippen molar-refractivity contribution >= 4 is 10.0 Å². The van der Waals surface area contributed by atoms with Gasteiger partial charge in [0, 0.05) is 26.2 Å². The molecule has 6 nitrogen and oxygen atoms in total. The van der Waals surface area contributed by atoms with Gasteiger partial charge in [0.05, 0.1) is 6.20 Å². The number of nitrogens with zero attached hydrogens (tertiary/aromatic N) is 3. The van der Waals surface area contributed by atoms with Crippen molar-refractivity contribution in [3.8, 4) is 0 Å². The molecule has 0 spiro atoms. The Bertz CT molecular complexity index is 468. The van der Waals surface area contributed by atoms with Crippen LogP contribution in [0.2, 0.25) is 0 Å². The maximum absolute atomic E-state index is 12.2. The lowest BCUT2D eigenvalue weighted by atomic mass is 10.1. The Morgan fingerprint density at radius 2 is 2.31 bits per heavy atom. The van der Waals surface area contributed by atoms with Crippen LogP contribution in [0.1, 0.15) is 12.8 Å². The minimum Gasteiger partial charge on any atom is -0.327 e. The second-order valence-corrected chi connectivity index (χ2v) is 5.94. The summed E-state index contributed by atoms with van der Waals surface area (Å²) in [4.78, 5) is 0. The molecule has 0 unspecified atom stereocenters. The van der Waals surface area contributed by atoms with Crippen LogP contribution in [0, 0.1) is 0 Å². The van der Waals surface area contributed by atoms with Crippen molar-refractivity contribution < 1.29 is 8.42 Å². The molecule has 0 aromatic carbocycles. The molecule has 0 bridgehead atoms. The van der Waals surface area contributed by atoms with Crippen LogP contribution < -0.4 is 5.73 Å². The molecule has 0 saturated carbocycles. The van der Waals surface area contributed by atoms with Gasteiger partial charge in [0.15, 0.2) is 5.03 Å². The standard InChI is InChI=1S/C9H16N4O2S/c1-12-9(4-5-11-12)16(14,15)13-6-2-3-8(10)7-13/h4-5,8H,2-3,6-7,10H2,1H3/t8-/m1/s1. The Labute approximate surface area is 95.1 Å². The summed E-state index contributed by atoms with van der Waals surface area (Å²) in [6.07, 6.45) is 3.19. The van der Waals surface area contributed by atoms with Gasteiger partial charge < -0.3 is 5.73 Å². The summed E-state index contributed by atoms with van der Waals surface area (Å²) in [5.41, 5.74) is 5.78. The average Bonchev–Trinajstić information content (AvgIpc) is 2.65. The van der Waals surface area contributed by atoms with Gasteiger partial charge in [0.25, 0.3) is 10.0 Å². The van der Waals surface area contributed by atoms with Gasteiger partial charge >= 0.3 is 0 Å². The van der Waals surface area contributed by atoms with Crippen molar-refractivity contribution in [3.05, 3.63) is 12.3 Å². The summed E-state index contributed by atoms with van der Waals surface area (Å²) < 4.78 is 27.3. The molecule has 2 N–H and O–H groups in total. The molecular weight excluding hydrogens is 228 g/mol. The predicted octanol–water partition coefficient (Wildman–Crippen LogP) is -0.468. The molecule has 1 aliphatic heterocycles. The highest BCUT2D eigenvalue weighted by Crippen LogP contribution is 2.19. The molecular formula is C9H16N4O2S. The monoisotopic (exact) mass is 244 g/mol. The lowest BCUT2D eigenvalue weighted by Gasteiger charge is -2.29. The maximum Gasteiger partial charge on any atom is 0.260 e. The zero-order chi connectivity index (χ0) is 11.8. The molecule has 1 saturated heterocycles. The lowest BCUT2D eigenvalue weighted by Crippen LogP contribution is -2.46. The normalized spacial score (nSPS) is 23.5. The van der Waals surface area contributed by atoms with E-state index in [1.54, 1.807) is 7.05 Å². The summed E-state index contributed by atoms with van der Waals surface area (Å²) in [7, 11) is -1.81. The molecule has 0 radical (unpaired) electrons. The number of aryl methyl sites for hydroxylation is 1. The minimum absolute atomic E-state index is 0.0586. The van der Waals surface area contributed by atoms with E-state index in [1.165, 1.54) is 21.3 Å². The van der Waals surface area contributed by atoms with Crippen molar-refractivity contribution in [1.82, 2.24) is 14.1 Å². The third-order valence-electron chi connectivity index (χ3n) is 2.80. The second kappa shape index (κ2) is 4.15. The molecule has 2 heterocycles. The van der Waals surface area contributed by atoms with E-state index in [0.29, 0.717) is 13.1 Å². The SMILES string of the molecule is Cn1nccc1S(=O)(=O)N1CCC[C@@H](N)C1. The van der Waals surface area contributed by atoms with E-state index in [1.807, 2.05) is 0 Å². The topological polar surface area (TPSA) is 81.2 Å². The van der Waals surface area contributed by atoms with Crippen LogP contribution >= 0.6 is 0 Å². The number of rotatable bonds is 2. The number of aromatic nitrogens is 2. The van der Waals surface area contributed by atoms with Crippen LogP contribution in [-0.2, 0) is 17.1 Å². The van der Waals surface area contributed by atoms with Crippen LogP contribution in [0.4, 0.5) is 0 Å². The van der Waals surface area contributed by atoms with Crippen LogP contribution in [0.5, 0.6) is 0 Å². The van der Waals surface area contributed by atoms with E-state index in [4.69, 9.17) is 5.73 Å². The van der Waals surface area contributed by atoms with Crippen molar-refractivity contribution in [1.29, 1.82) is 0 Å². The van der Waals surface area contributed by atoms with Crippen molar-refractivity contribution in [2.24, 2.45) is 12.8 Å². The molecule has 1 atom stereocenters. The molecule has 1 aromatic rings. The molecule has 16 heavy (non-hydrogen) atoms. The first-order chi connectivity index (χ1) is 7.51. The van der Waals surface area contributed by atoms with Gasteiger partial charge in [-0.3, -0.25) is 4.68 Å². The maximum atomic E-state index is 12.2. The van der Waals surface area contributed by atoms with Gasteiger partial charge in [-0.1, -0.05) is 0 Å². The summed E-state index contributed by atoms with van der Waals surface area (Å²) in [5.74, 6) is 0. The van der Waals surface area contributed by atoms with Gasteiger partial charge in [-0.2, -0.15) is 9.40 Å². The highest BCUT2D eigenvalue weighted by Gasteiger charge is 2.30. The zero-order valence-corrected chi connectivity index (χ0v) is 10.0. The summed E-state index contributed by atoms with van der Waals surface area (Å²) in [6, 6.07) is 1.45. The largest absolute Gasteiger partial charge is 0.327 e. The summed E-state index contributed by atoms with van der Waals surface area (Å²) >= 11 is 0. The highest BCUT2D eigenvalue weighted by atomic mass is 32.2. The van der Waals surface area contributed by atoms with Gasteiger partial charge in [-0.15, -0.1) is 0 Å². The average molecular weight is 244 g/mol. The van der Waals surface area contributed by atoms with Crippen LogP contribution in [0.15, 0.2) is 17.3 Å². The van der Waals surface area contributed by atoms with Crippen LogP contribution in [0.3, 0.4) is 0 Å². The number of piperidine rings is 1. The fourth-order valence-corrected chi connectivity index (χ4v) is 3.57. The molecule has 90 valence electrons. The predicted molar refractivity (Wildman–Crippen MR) is 59.2 cm³/mol. The Kier molecular flexibility index (Phi) is 3.00. The van der Waals surface area contributed by atoms with Gasteiger partial charge in [-0.25, -0.2) is 8.42 Å². The van der Waals surface area contributed by atoms with E-state index in [-0.39, 0.29) is 11.1 Å². The molecule has 1 aromatic heterocycles. The first kappa shape index (κ1) is 11.6. The highest BCUT2D eigenvalue weighted by molar-refractivity contribution is 7.89. The van der Waals surface area contributed by atoms with E-state index in [0.717, 1.165) is 12.8 Å². The molecule has 0 aliphatic carbocycles. The fraction of sp³-hybridized carbons (Fsp3) is 0.667. The Balaban J connectivity index is 2.29. The number of sulfonamides is 1. The van der Waals surface area contributed by atoms with Gasteiger partial charge in [-0.05, 0) is 18.9 Å². The Morgan fingerprint density at radius 1 is 1.56 bits per heavy atom.